The molecule has 0 bridgehead atoms. The van der Waals surface area contributed by atoms with Crippen LogP contribution in [0.4, 0.5) is 0 Å². The van der Waals surface area contributed by atoms with Gasteiger partial charge in [-0.1, -0.05) is 87.8 Å². The van der Waals surface area contributed by atoms with Gasteiger partial charge >= 0.3 is 0 Å². The van der Waals surface area contributed by atoms with Crippen molar-refractivity contribution in [3.05, 3.63) is 115 Å². The molecule has 0 saturated carbocycles. The monoisotopic (exact) mass is 715 g/mol. The lowest BCUT2D eigenvalue weighted by molar-refractivity contribution is -0.119. The van der Waals surface area contributed by atoms with Crippen LogP contribution in [-0.4, -0.2) is 29.6 Å². The van der Waals surface area contributed by atoms with E-state index in [4.69, 9.17) is 21.1 Å². The molecule has 0 saturated heterocycles. The highest BCUT2D eigenvalue weighted by Crippen LogP contribution is 2.55. The lowest BCUT2D eigenvalue weighted by atomic mass is 9.63. The van der Waals surface area contributed by atoms with Gasteiger partial charge in [0.25, 0.3) is 0 Å². The van der Waals surface area contributed by atoms with Crippen LogP contribution in [0.15, 0.2) is 93.7 Å². The molecule has 7 heteroatoms. The second kappa shape index (κ2) is 13.3. The average Bonchev–Trinajstić information content (AvgIpc) is 2.99. The maximum atomic E-state index is 14.3. The predicted molar refractivity (Wildman–Crippen MR) is 191 cm³/mol. The minimum Gasteiger partial charge on any atom is -0.490 e. The van der Waals surface area contributed by atoms with Crippen LogP contribution >= 0.6 is 27.5 Å². The molecule has 0 atom stereocenters. The highest BCUT2D eigenvalue weighted by molar-refractivity contribution is 9.10. The Morgan fingerprint density at radius 1 is 0.830 bits per heavy atom. The summed E-state index contributed by atoms with van der Waals surface area (Å²) in [5, 5.41) is 0.633. The van der Waals surface area contributed by atoms with Crippen molar-refractivity contribution in [2.75, 3.05) is 13.2 Å². The topological polar surface area (TPSA) is 55.8 Å². The molecule has 1 heterocycles. The minimum absolute atomic E-state index is 0.114. The summed E-state index contributed by atoms with van der Waals surface area (Å²) < 4.78 is 13.2. The van der Waals surface area contributed by atoms with E-state index in [1.807, 2.05) is 49.4 Å². The summed E-state index contributed by atoms with van der Waals surface area (Å²) in [6.45, 7) is 12.0. The molecule has 2 aliphatic carbocycles. The van der Waals surface area contributed by atoms with Gasteiger partial charge in [-0.25, -0.2) is 0 Å². The van der Waals surface area contributed by atoms with Crippen molar-refractivity contribution >= 4 is 39.1 Å². The van der Waals surface area contributed by atoms with Crippen molar-refractivity contribution in [3.8, 4) is 11.5 Å². The molecule has 0 N–H and O–H groups in total. The van der Waals surface area contributed by atoms with E-state index in [1.165, 1.54) is 5.56 Å². The highest BCUT2D eigenvalue weighted by Gasteiger charge is 2.49. The summed E-state index contributed by atoms with van der Waals surface area (Å²) in [6.07, 6.45) is 3.23. The second-order valence-electron chi connectivity index (χ2n) is 14.6. The Kier molecular flexibility index (Phi) is 9.48. The maximum absolute atomic E-state index is 14.3. The Labute approximate surface area is 292 Å². The molecule has 47 heavy (non-hydrogen) atoms. The molecule has 5 nitrogen and oxygen atoms in total. The number of nitrogens with zero attached hydrogens (tertiary/aromatic N) is 1. The third kappa shape index (κ3) is 6.96. The fraction of sp³-hybridized carbons (Fsp3) is 0.400. The number of ether oxygens (including phenoxy) is 2. The largest absolute Gasteiger partial charge is 0.490 e. The lowest BCUT2D eigenvalue weighted by Gasteiger charge is -2.49. The quantitative estimate of drug-likeness (QED) is 0.221. The van der Waals surface area contributed by atoms with Crippen molar-refractivity contribution in [2.24, 2.45) is 10.8 Å². The summed E-state index contributed by atoms with van der Waals surface area (Å²) in [5.74, 6) is 0.873. The molecule has 3 aliphatic rings. The minimum atomic E-state index is -0.478. The zero-order valence-electron chi connectivity index (χ0n) is 27.9. The third-order valence-electron chi connectivity index (χ3n) is 9.48. The summed E-state index contributed by atoms with van der Waals surface area (Å²) in [7, 11) is 0. The average molecular weight is 717 g/mol. The number of allylic oxidation sites excluding steroid dienone is 4. The van der Waals surface area contributed by atoms with E-state index in [2.05, 4.69) is 72.8 Å². The number of ketones is 2. The van der Waals surface area contributed by atoms with Gasteiger partial charge in [-0.05, 0) is 82.3 Å². The van der Waals surface area contributed by atoms with E-state index in [-0.39, 0.29) is 29.0 Å². The number of halogens is 2. The van der Waals surface area contributed by atoms with Crippen molar-refractivity contribution in [1.29, 1.82) is 0 Å². The van der Waals surface area contributed by atoms with Crippen molar-refractivity contribution in [3.63, 3.8) is 0 Å². The fourth-order valence-corrected chi connectivity index (χ4v) is 8.22. The van der Waals surface area contributed by atoms with Gasteiger partial charge < -0.3 is 14.4 Å². The molecule has 0 radical (unpaired) electrons. The van der Waals surface area contributed by atoms with Gasteiger partial charge in [-0.15, -0.1) is 0 Å². The Balaban J connectivity index is 1.49. The van der Waals surface area contributed by atoms with Crippen LogP contribution in [0.3, 0.4) is 0 Å². The molecular weight excluding hydrogens is 674 g/mol. The fourth-order valence-electron chi connectivity index (χ4n) is 7.46. The van der Waals surface area contributed by atoms with Gasteiger partial charge in [0, 0.05) is 58.4 Å². The molecule has 0 unspecified atom stereocenters. The predicted octanol–water partition coefficient (Wildman–Crippen LogP) is 10.0. The van der Waals surface area contributed by atoms with Gasteiger partial charge in [0.1, 0.15) is 6.61 Å². The Morgan fingerprint density at radius 2 is 1.43 bits per heavy atom. The van der Waals surface area contributed by atoms with Crippen molar-refractivity contribution < 1.29 is 19.1 Å². The first-order valence-corrected chi connectivity index (χ1v) is 17.7. The molecule has 3 aromatic carbocycles. The smallest absolute Gasteiger partial charge is 0.175 e. The molecule has 1 aliphatic heterocycles. The number of rotatable bonds is 9. The van der Waals surface area contributed by atoms with Crippen molar-refractivity contribution in [1.82, 2.24) is 4.90 Å². The van der Waals surface area contributed by atoms with Gasteiger partial charge in [0.15, 0.2) is 23.1 Å². The van der Waals surface area contributed by atoms with Gasteiger partial charge in [-0.2, -0.15) is 0 Å². The summed E-state index contributed by atoms with van der Waals surface area (Å²) in [6, 6.07) is 22.0. The summed E-state index contributed by atoms with van der Waals surface area (Å²) in [4.78, 5) is 31.0. The van der Waals surface area contributed by atoms with Crippen LogP contribution in [0.1, 0.15) is 82.9 Å². The van der Waals surface area contributed by atoms with E-state index in [0.717, 1.165) is 52.9 Å². The SMILES string of the molecule is CCOc1cc(C2C3=C(CC(C)(C)CC3=O)N(CCc3ccccc3)C3=C2C(=O)CC(C)(C)C3)cc(Br)c1OCc1ccccc1Cl. The molecule has 0 fully saturated rings. The zero-order valence-corrected chi connectivity index (χ0v) is 30.3. The Hall–Kier alpha value is -3.35. The summed E-state index contributed by atoms with van der Waals surface area (Å²) in [5.41, 5.74) is 6.20. The Morgan fingerprint density at radius 3 is 2.02 bits per heavy atom. The molecule has 6 rings (SSSR count). The zero-order chi connectivity index (χ0) is 33.5. The highest BCUT2D eigenvalue weighted by atomic mass is 79.9. The normalized spacial score (nSPS) is 19.1. The van der Waals surface area contributed by atoms with Crippen LogP contribution in [-0.2, 0) is 22.6 Å². The first-order valence-electron chi connectivity index (χ1n) is 16.5. The molecule has 0 amide bonds. The molecule has 0 aromatic heterocycles. The Bertz CT molecular complexity index is 1720. The molecule has 246 valence electrons. The lowest BCUT2D eigenvalue weighted by Crippen LogP contribution is -2.45. The van der Waals surface area contributed by atoms with Crippen molar-refractivity contribution in [2.45, 2.75) is 79.2 Å². The van der Waals surface area contributed by atoms with E-state index in [1.54, 1.807) is 0 Å². The molecule has 3 aromatic rings. The number of hydrogen-bond acceptors (Lipinski definition) is 5. The number of hydrogen-bond donors (Lipinski definition) is 0. The molecule has 0 spiro atoms. The van der Waals surface area contributed by atoms with E-state index >= 15 is 0 Å². The number of benzene rings is 3. The third-order valence-corrected chi connectivity index (χ3v) is 10.4. The molecular formula is C40H43BrClNO4. The van der Waals surface area contributed by atoms with Crippen LogP contribution in [0, 0.1) is 10.8 Å². The number of carbonyl (C=O) groups is 2. The van der Waals surface area contributed by atoms with Crippen LogP contribution in [0.2, 0.25) is 5.02 Å². The van der Waals surface area contributed by atoms with Crippen LogP contribution in [0.25, 0.3) is 0 Å². The number of carbonyl (C=O) groups excluding carboxylic acids is 2. The van der Waals surface area contributed by atoms with Gasteiger partial charge in [-0.3, -0.25) is 9.59 Å². The first-order chi connectivity index (χ1) is 22.4. The first kappa shape index (κ1) is 33.5. The van der Waals surface area contributed by atoms with Gasteiger partial charge in [0.05, 0.1) is 11.1 Å². The van der Waals surface area contributed by atoms with Gasteiger partial charge in [0.2, 0.25) is 0 Å². The van der Waals surface area contributed by atoms with Crippen LogP contribution < -0.4 is 9.47 Å². The van der Waals surface area contributed by atoms with E-state index in [9.17, 15) is 9.59 Å². The maximum Gasteiger partial charge on any atom is 0.175 e. The summed E-state index contributed by atoms with van der Waals surface area (Å²) >= 11 is 10.2. The number of Topliss-reactive ketones (excluding diaryl/α,β-unsaturated/α-hetero) is 2. The van der Waals surface area contributed by atoms with Crippen LogP contribution in [0.5, 0.6) is 11.5 Å². The van der Waals surface area contributed by atoms with E-state index < -0.39 is 5.92 Å². The standard InChI is InChI=1S/C40H43BrClNO4/c1-6-46-34-19-27(18-28(41)38(34)47-24-26-14-10-11-15-29(26)42)35-36-30(20-39(2,3)22-32(36)44)43(17-16-25-12-8-7-9-13-25)31-21-40(4,5)23-33(45)37(31)35/h7-15,18-19,35H,6,16-17,20-24H2,1-5H3. The van der Waals surface area contributed by atoms with E-state index in [0.29, 0.717) is 47.0 Å². The second-order valence-corrected chi connectivity index (χ2v) is 15.8.